The predicted molar refractivity (Wildman–Crippen MR) is 49.2 cm³/mol. The molecule has 0 saturated heterocycles. The lowest BCUT2D eigenvalue weighted by Gasteiger charge is -1.97. The molecule has 0 spiro atoms. The Kier molecular flexibility index (Phi) is 1.90. The molecule has 0 fully saturated rings. The number of nitrogens with two attached hydrogens (primary N) is 1. The summed E-state index contributed by atoms with van der Waals surface area (Å²) in [6, 6.07) is 7.23. The Balaban J connectivity index is 2.59. The van der Waals surface area contributed by atoms with Gasteiger partial charge in [-0.15, -0.1) is 0 Å². The minimum Gasteiger partial charge on any atom is -0.379 e. The summed E-state index contributed by atoms with van der Waals surface area (Å²) in [6.45, 7) is 0. The zero-order valence-corrected chi connectivity index (χ0v) is 7.32. The van der Waals surface area contributed by atoms with E-state index in [1.807, 2.05) is 12.1 Å². The molecule has 2 N–H and O–H groups in total. The number of nitrogens with zero attached hydrogens (tertiary/aromatic N) is 2. The number of nitrogen functional groups attached to an aromatic ring is 1. The quantitative estimate of drug-likeness (QED) is 0.756. The molecular weight excluding hydrogens is 190 g/mol. The van der Waals surface area contributed by atoms with Gasteiger partial charge < -0.3 is 5.73 Å². The standard InChI is InChI=1S/C8H6ClN3O/c9-6-4-2-1-3-5(6)7-8(10)12-13-11-7/h1-4H,(H2,10,12). The minimum atomic E-state index is 0.244. The summed E-state index contributed by atoms with van der Waals surface area (Å²) in [5.41, 5.74) is 6.72. The summed E-state index contributed by atoms with van der Waals surface area (Å²) in [6.07, 6.45) is 0. The number of aromatic nitrogens is 2. The molecule has 1 aromatic carbocycles. The molecule has 2 aromatic rings. The second-order valence-corrected chi connectivity index (χ2v) is 2.89. The summed E-state index contributed by atoms with van der Waals surface area (Å²) >= 11 is 5.92. The van der Waals surface area contributed by atoms with Gasteiger partial charge in [-0.25, -0.2) is 4.63 Å². The molecule has 66 valence electrons. The fourth-order valence-corrected chi connectivity index (χ4v) is 1.26. The van der Waals surface area contributed by atoms with Crippen molar-refractivity contribution in [3.05, 3.63) is 29.3 Å². The highest BCUT2D eigenvalue weighted by Gasteiger charge is 2.11. The van der Waals surface area contributed by atoms with E-state index in [1.165, 1.54) is 0 Å². The summed E-state index contributed by atoms with van der Waals surface area (Å²) < 4.78 is 4.47. The molecule has 0 radical (unpaired) electrons. The molecule has 0 aliphatic carbocycles. The summed E-state index contributed by atoms with van der Waals surface area (Å²) in [7, 11) is 0. The molecule has 0 unspecified atom stereocenters. The van der Waals surface area contributed by atoms with Gasteiger partial charge in [0.25, 0.3) is 0 Å². The Morgan fingerprint density at radius 1 is 1.23 bits per heavy atom. The molecule has 4 nitrogen and oxygen atoms in total. The van der Waals surface area contributed by atoms with Crippen molar-refractivity contribution in [1.29, 1.82) is 0 Å². The van der Waals surface area contributed by atoms with Crippen LogP contribution >= 0.6 is 11.6 Å². The Morgan fingerprint density at radius 3 is 2.62 bits per heavy atom. The molecule has 0 aliphatic heterocycles. The van der Waals surface area contributed by atoms with Gasteiger partial charge in [0, 0.05) is 5.56 Å². The van der Waals surface area contributed by atoms with Crippen molar-refractivity contribution in [3.8, 4) is 11.3 Å². The second kappa shape index (κ2) is 3.06. The van der Waals surface area contributed by atoms with Crippen molar-refractivity contribution < 1.29 is 4.63 Å². The van der Waals surface area contributed by atoms with Gasteiger partial charge in [0.15, 0.2) is 11.5 Å². The zero-order chi connectivity index (χ0) is 9.26. The normalized spacial score (nSPS) is 10.2. The highest BCUT2D eigenvalue weighted by Crippen LogP contribution is 2.28. The second-order valence-electron chi connectivity index (χ2n) is 2.48. The van der Waals surface area contributed by atoms with Gasteiger partial charge in [-0.05, 0) is 16.4 Å². The fourth-order valence-electron chi connectivity index (χ4n) is 1.04. The lowest BCUT2D eigenvalue weighted by Crippen LogP contribution is -1.88. The van der Waals surface area contributed by atoms with E-state index < -0.39 is 0 Å². The van der Waals surface area contributed by atoms with Crippen LogP contribution in [0, 0.1) is 0 Å². The van der Waals surface area contributed by atoms with E-state index in [0.29, 0.717) is 10.7 Å². The van der Waals surface area contributed by atoms with Gasteiger partial charge in [-0.1, -0.05) is 29.8 Å². The number of halogens is 1. The number of hydrogen-bond donors (Lipinski definition) is 1. The van der Waals surface area contributed by atoms with Crippen LogP contribution in [0.15, 0.2) is 28.9 Å². The Morgan fingerprint density at radius 2 is 2.00 bits per heavy atom. The number of rotatable bonds is 1. The maximum absolute atomic E-state index is 5.92. The zero-order valence-electron chi connectivity index (χ0n) is 6.57. The van der Waals surface area contributed by atoms with Crippen molar-refractivity contribution in [2.75, 3.05) is 5.73 Å². The van der Waals surface area contributed by atoms with E-state index in [0.717, 1.165) is 5.56 Å². The van der Waals surface area contributed by atoms with Crippen LogP contribution in [0.3, 0.4) is 0 Å². The molecule has 0 aliphatic rings. The summed E-state index contributed by atoms with van der Waals surface area (Å²) in [5, 5.41) is 7.69. The Bertz CT molecular complexity index is 427. The predicted octanol–water partition coefficient (Wildman–Crippen LogP) is 1.97. The van der Waals surface area contributed by atoms with Crippen LogP contribution in [0.25, 0.3) is 11.3 Å². The van der Waals surface area contributed by atoms with Crippen molar-refractivity contribution >= 4 is 17.4 Å². The van der Waals surface area contributed by atoms with Crippen LogP contribution < -0.4 is 5.73 Å². The van der Waals surface area contributed by atoms with Gasteiger partial charge in [0.05, 0.1) is 5.02 Å². The van der Waals surface area contributed by atoms with Crippen molar-refractivity contribution in [2.45, 2.75) is 0 Å². The molecule has 13 heavy (non-hydrogen) atoms. The molecular formula is C8H6ClN3O. The lowest BCUT2D eigenvalue weighted by atomic mass is 10.1. The van der Waals surface area contributed by atoms with Gasteiger partial charge in [0.2, 0.25) is 0 Å². The first-order chi connectivity index (χ1) is 6.29. The topological polar surface area (TPSA) is 64.9 Å². The maximum atomic E-state index is 5.92. The Labute approximate surface area is 79.3 Å². The first kappa shape index (κ1) is 8.07. The molecule has 0 atom stereocenters. The van der Waals surface area contributed by atoms with Crippen molar-refractivity contribution in [3.63, 3.8) is 0 Å². The van der Waals surface area contributed by atoms with E-state index in [2.05, 4.69) is 14.9 Å². The third-order valence-electron chi connectivity index (χ3n) is 1.64. The molecule has 1 heterocycles. The molecule has 0 saturated carbocycles. The monoisotopic (exact) mass is 195 g/mol. The average molecular weight is 196 g/mol. The Hall–Kier alpha value is -1.55. The van der Waals surface area contributed by atoms with E-state index in [4.69, 9.17) is 17.3 Å². The molecule has 0 amide bonds. The number of anilines is 1. The van der Waals surface area contributed by atoms with E-state index in [9.17, 15) is 0 Å². The van der Waals surface area contributed by atoms with Gasteiger partial charge in [-0.3, -0.25) is 0 Å². The summed E-state index contributed by atoms with van der Waals surface area (Å²) in [4.78, 5) is 0. The van der Waals surface area contributed by atoms with Crippen molar-refractivity contribution in [1.82, 2.24) is 10.3 Å². The van der Waals surface area contributed by atoms with E-state index >= 15 is 0 Å². The number of hydrogen-bond acceptors (Lipinski definition) is 4. The van der Waals surface area contributed by atoms with Crippen LogP contribution in [0.1, 0.15) is 0 Å². The van der Waals surface area contributed by atoms with E-state index in [1.54, 1.807) is 12.1 Å². The third-order valence-corrected chi connectivity index (χ3v) is 1.97. The maximum Gasteiger partial charge on any atom is 0.196 e. The number of benzene rings is 1. The van der Waals surface area contributed by atoms with Gasteiger partial charge in [-0.2, -0.15) is 0 Å². The van der Waals surface area contributed by atoms with E-state index in [-0.39, 0.29) is 5.82 Å². The first-order valence-electron chi connectivity index (χ1n) is 3.62. The van der Waals surface area contributed by atoms with Crippen molar-refractivity contribution in [2.24, 2.45) is 0 Å². The van der Waals surface area contributed by atoms with Crippen LogP contribution in [-0.4, -0.2) is 10.3 Å². The molecule has 2 rings (SSSR count). The highest BCUT2D eigenvalue weighted by atomic mass is 35.5. The largest absolute Gasteiger partial charge is 0.379 e. The SMILES string of the molecule is Nc1nonc1-c1ccccc1Cl. The lowest BCUT2D eigenvalue weighted by molar-refractivity contribution is 0.310. The average Bonchev–Trinajstić information content (AvgIpc) is 2.52. The first-order valence-corrected chi connectivity index (χ1v) is 4.00. The molecule has 1 aromatic heterocycles. The van der Waals surface area contributed by atoms with Gasteiger partial charge in [0.1, 0.15) is 0 Å². The smallest absolute Gasteiger partial charge is 0.196 e. The van der Waals surface area contributed by atoms with Crippen LogP contribution in [0.4, 0.5) is 5.82 Å². The van der Waals surface area contributed by atoms with Crippen LogP contribution in [-0.2, 0) is 0 Å². The van der Waals surface area contributed by atoms with Crippen LogP contribution in [0.5, 0.6) is 0 Å². The highest BCUT2D eigenvalue weighted by molar-refractivity contribution is 6.33. The molecule has 0 bridgehead atoms. The fraction of sp³-hybridized carbons (Fsp3) is 0. The van der Waals surface area contributed by atoms with Crippen LogP contribution in [0.2, 0.25) is 5.02 Å². The van der Waals surface area contributed by atoms with Gasteiger partial charge >= 0.3 is 0 Å². The summed E-state index contributed by atoms with van der Waals surface area (Å²) in [5.74, 6) is 0.244. The molecule has 5 heteroatoms. The third kappa shape index (κ3) is 1.36. The minimum absolute atomic E-state index is 0.244.